The summed E-state index contributed by atoms with van der Waals surface area (Å²) in [6, 6.07) is 7.06. The van der Waals surface area contributed by atoms with Gasteiger partial charge in [-0.3, -0.25) is 14.4 Å². The first-order chi connectivity index (χ1) is 18.5. The van der Waals surface area contributed by atoms with Gasteiger partial charge in [0.05, 0.1) is 19.4 Å². The zero-order chi connectivity index (χ0) is 26.5. The number of nitrogens with zero attached hydrogens (tertiary/aromatic N) is 4. The van der Waals surface area contributed by atoms with E-state index in [2.05, 4.69) is 25.5 Å². The predicted octanol–water partition coefficient (Wildman–Crippen LogP) is 2.07. The normalized spacial score (nSPS) is 20.3. The maximum absolute atomic E-state index is 12.7. The third-order valence-electron chi connectivity index (χ3n) is 7.50. The van der Waals surface area contributed by atoms with Gasteiger partial charge in [-0.1, -0.05) is 12.8 Å². The van der Waals surface area contributed by atoms with Crippen LogP contribution in [0.15, 0.2) is 30.5 Å². The molecule has 3 aliphatic rings. The first-order valence-corrected chi connectivity index (χ1v) is 13.4. The van der Waals surface area contributed by atoms with E-state index in [-0.39, 0.29) is 35.3 Å². The number of nitrogens with one attached hydrogen (secondary N) is 2. The Hall–Kier alpha value is -3.73. The summed E-state index contributed by atoms with van der Waals surface area (Å²) in [5.41, 5.74) is 6.84. The molecule has 3 fully saturated rings. The molecule has 2 saturated heterocycles. The first kappa shape index (κ1) is 25.9. The van der Waals surface area contributed by atoms with Crippen LogP contribution in [0, 0.1) is 5.92 Å². The number of amides is 3. The van der Waals surface area contributed by atoms with Crippen molar-refractivity contribution in [3.63, 3.8) is 0 Å². The molecule has 1 atom stereocenters. The Morgan fingerprint density at radius 2 is 1.71 bits per heavy atom. The number of hydrogen-bond acceptors (Lipinski definition) is 8. The Bertz CT molecular complexity index is 1160. The van der Waals surface area contributed by atoms with Gasteiger partial charge in [-0.15, -0.1) is 0 Å². The second-order valence-corrected chi connectivity index (χ2v) is 10.2. The van der Waals surface area contributed by atoms with Gasteiger partial charge in [0, 0.05) is 49.4 Å². The van der Waals surface area contributed by atoms with Crippen LogP contribution in [-0.4, -0.2) is 78.0 Å². The van der Waals surface area contributed by atoms with Crippen LogP contribution in [0.5, 0.6) is 0 Å². The van der Waals surface area contributed by atoms with Crippen molar-refractivity contribution in [2.24, 2.45) is 11.7 Å². The van der Waals surface area contributed by atoms with Gasteiger partial charge in [0.15, 0.2) is 11.5 Å². The third kappa shape index (κ3) is 6.04. The second-order valence-electron chi connectivity index (χ2n) is 10.2. The van der Waals surface area contributed by atoms with Gasteiger partial charge in [-0.2, -0.15) is 0 Å². The molecule has 1 aliphatic carbocycles. The van der Waals surface area contributed by atoms with Crippen LogP contribution in [0.2, 0.25) is 0 Å². The maximum Gasteiger partial charge on any atom is 0.271 e. The molecule has 1 aromatic carbocycles. The molecule has 3 amide bonds. The fourth-order valence-corrected chi connectivity index (χ4v) is 5.39. The summed E-state index contributed by atoms with van der Waals surface area (Å²) in [4.78, 5) is 50.3. The van der Waals surface area contributed by atoms with Gasteiger partial charge in [0.1, 0.15) is 5.82 Å². The third-order valence-corrected chi connectivity index (χ3v) is 7.50. The summed E-state index contributed by atoms with van der Waals surface area (Å²) < 4.78 is 5.32. The van der Waals surface area contributed by atoms with Crippen molar-refractivity contribution in [1.82, 2.24) is 20.2 Å². The number of hydrogen-bond donors (Lipinski definition) is 3. The van der Waals surface area contributed by atoms with Crippen LogP contribution in [0.3, 0.4) is 0 Å². The SMILES string of the molecule is NC(=O)c1ncc(N2CCC[C@@H](NC(=O)C3CCCC3)C2)nc1Nc1ccc(C(=O)N2CCOCC2)cc1. The standard InChI is InChI=1S/C27H35N7O4/c28-24(35)23-25(30-20-9-7-19(8-10-20)27(37)33-12-14-38-15-13-33)32-22(16-29-23)34-11-3-6-21(17-34)31-26(36)18-4-1-2-5-18/h7-10,16,18,21H,1-6,11-15,17H2,(H2,28,35)(H,30,32)(H,31,36)/t21-/m1/s1. The van der Waals surface area contributed by atoms with Crippen LogP contribution in [-0.2, 0) is 9.53 Å². The molecule has 11 heteroatoms. The highest BCUT2D eigenvalue weighted by Crippen LogP contribution is 2.27. The van der Waals surface area contributed by atoms with Gasteiger partial charge >= 0.3 is 0 Å². The zero-order valence-corrected chi connectivity index (χ0v) is 21.5. The van der Waals surface area contributed by atoms with E-state index in [0.717, 1.165) is 45.1 Å². The number of nitrogens with two attached hydrogens (primary N) is 1. The Kier molecular flexibility index (Phi) is 8.02. The molecular weight excluding hydrogens is 486 g/mol. The number of benzene rings is 1. The van der Waals surface area contributed by atoms with Crippen LogP contribution < -0.4 is 21.3 Å². The Balaban J connectivity index is 1.27. The second kappa shape index (κ2) is 11.8. The number of anilines is 3. The van der Waals surface area contributed by atoms with E-state index in [1.807, 2.05) is 0 Å². The molecule has 11 nitrogen and oxygen atoms in total. The van der Waals surface area contributed by atoms with Crippen molar-refractivity contribution in [2.45, 2.75) is 44.6 Å². The lowest BCUT2D eigenvalue weighted by atomic mass is 10.0. The Morgan fingerprint density at radius 3 is 2.42 bits per heavy atom. The Labute approximate surface area is 222 Å². The van der Waals surface area contributed by atoms with Crippen LogP contribution >= 0.6 is 0 Å². The number of carbonyl (C=O) groups is 3. The summed E-state index contributed by atoms with van der Waals surface area (Å²) in [7, 11) is 0. The molecule has 2 aliphatic heterocycles. The largest absolute Gasteiger partial charge is 0.378 e. The van der Waals surface area contributed by atoms with Gasteiger partial charge in [-0.05, 0) is 49.9 Å². The zero-order valence-electron chi connectivity index (χ0n) is 21.5. The quantitative estimate of drug-likeness (QED) is 0.503. The minimum Gasteiger partial charge on any atom is -0.378 e. The van der Waals surface area contributed by atoms with E-state index in [1.165, 1.54) is 0 Å². The molecule has 5 rings (SSSR count). The molecule has 3 heterocycles. The molecule has 1 saturated carbocycles. The molecule has 0 bridgehead atoms. The summed E-state index contributed by atoms with van der Waals surface area (Å²) >= 11 is 0. The van der Waals surface area contributed by atoms with E-state index >= 15 is 0 Å². The minimum atomic E-state index is -0.689. The molecule has 202 valence electrons. The lowest BCUT2D eigenvalue weighted by Gasteiger charge is -2.34. The summed E-state index contributed by atoms with van der Waals surface area (Å²) in [6.07, 6.45) is 7.58. The number of ether oxygens (including phenoxy) is 1. The van der Waals surface area contributed by atoms with Crippen molar-refractivity contribution in [3.05, 3.63) is 41.7 Å². The fraction of sp³-hybridized carbons (Fsp3) is 0.519. The number of primary amides is 1. The Morgan fingerprint density at radius 1 is 0.974 bits per heavy atom. The van der Waals surface area contributed by atoms with Crippen LogP contribution in [0.1, 0.15) is 59.4 Å². The molecule has 1 aromatic heterocycles. The number of morpholine rings is 1. The first-order valence-electron chi connectivity index (χ1n) is 13.4. The predicted molar refractivity (Wildman–Crippen MR) is 142 cm³/mol. The van der Waals surface area contributed by atoms with Crippen LogP contribution in [0.4, 0.5) is 17.3 Å². The lowest BCUT2D eigenvalue weighted by molar-refractivity contribution is -0.125. The fourth-order valence-electron chi connectivity index (χ4n) is 5.39. The lowest BCUT2D eigenvalue weighted by Crippen LogP contribution is -2.49. The number of piperidine rings is 1. The summed E-state index contributed by atoms with van der Waals surface area (Å²) in [5.74, 6) is 0.412. The smallest absolute Gasteiger partial charge is 0.271 e. The maximum atomic E-state index is 12.7. The van der Waals surface area contributed by atoms with Gasteiger partial charge in [0.25, 0.3) is 11.8 Å². The van der Waals surface area contributed by atoms with Crippen molar-refractivity contribution in [2.75, 3.05) is 49.6 Å². The minimum absolute atomic E-state index is 0.0327. The van der Waals surface area contributed by atoms with Crippen molar-refractivity contribution < 1.29 is 19.1 Å². The average molecular weight is 522 g/mol. The molecule has 0 unspecified atom stereocenters. The highest BCUT2D eigenvalue weighted by Gasteiger charge is 2.28. The summed E-state index contributed by atoms with van der Waals surface area (Å²) in [5, 5.41) is 6.37. The van der Waals surface area contributed by atoms with E-state index in [4.69, 9.17) is 10.5 Å². The molecule has 0 spiro atoms. The highest BCUT2D eigenvalue weighted by atomic mass is 16.5. The van der Waals surface area contributed by atoms with Crippen molar-refractivity contribution in [1.29, 1.82) is 0 Å². The van der Waals surface area contributed by atoms with Gasteiger partial charge < -0.3 is 30.9 Å². The number of aromatic nitrogens is 2. The molecule has 0 radical (unpaired) electrons. The topological polar surface area (TPSA) is 143 Å². The number of carbonyl (C=O) groups excluding carboxylic acids is 3. The van der Waals surface area contributed by atoms with E-state index in [1.54, 1.807) is 35.4 Å². The monoisotopic (exact) mass is 521 g/mol. The van der Waals surface area contributed by atoms with Crippen molar-refractivity contribution in [3.8, 4) is 0 Å². The average Bonchev–Trinajstić information content (AvgIpc) is 3.49. The van der Waals surface area contributed by atoms with E-state index in [0.29, 0.717) is 49.9 Å². The highest BCUT2D eigenvalue weighted by molar-refractivity contribution is 5.97. The van der Waals surface area contributed by atoms with Gasteiger partial charge in [-0.25, -0.2) is 9.97 Å². The number of rotatable bonds is 7. The van der Waals surface area contributed by atoms with Crippen molar-refractivity contribution >= 4 is 35.0 Å². The molecule has 4 N–H and O–H groups in total. The van der Waals surface area contributed by atoms with Crippen LogP contribution in [0.25, 0.3) is 0 Å². The molecular formula is C27H35N7O4. The van der Waals surface area contributed by atoms with E-state index < -0.39 is 5.91 Å². The molecule has 38 heavy (non-hydrogen) atoms. The van der Waals surface area contributed by atoms with Gasteiger partial charge in [0.2, 0.25) is 5.91 Å². The molecule has 2 aromatic rings. The van der Waals surface area contributed by atoms with E-state index in [9.17, 15) is 14.4 Å². The summed E-state index contributed by atoms with van der Waals surface area (Å²) in [6.45, 7) is 3.64.